The van der Waals surface area contributed by atoms with E-state index in [1.54, 1.807) is 18.4 Å². The summed E-state index contributed by atoms with van der Waals surface area (Å²) in [4.78, 5) is 19.1. The number of oxazole rings is 1. The lowest BCUT2D eigenvalue weighted by Gasteiger charge is -2.29. The van der Waals surface area contributed by atoms with Gasteiger partial charge in [-0.15, -0.1) is 0 Å². The van der Waals surface area contributed by atoms with Crippen LogP contribution in [-0.2, 0) is 24.4 Å². The highest BCUT2D eigenvalue weighted by Crippen LogP contribution is 2.40. The fourth-order valence-corrected chi connectivity index (χ4v) is 4.11. The van der Waals surface area contributed by atoms with Gasteiger partial charge in [0.05, 0.1) is 11.8 Å². The Morgan fingerprint density at radius 3 is 2.91 bits per heavy atom. The van der Waals surface area contributed by atoms with Crippen LogP contribution in [0.1, 0.15) is 54.2 Å². The van der Waals surface area contributed by atoms with Crippen molar-refractivity contribution < 1.29 is 18.4 Å². The summed E-state index contributed by atoms with van der Waals surface area (Å²) < 4.78 is 17.8. The summed E-state index contributed by atoms with van der Waals surface area (Å²) in [5, 5.41) is 0. The smallest absolute Gasteiger partial charge is 0.246 e. The van der Waals surface area contributed by atoms with Crippen LogP contribution in [-0.4, -0.2) is 22.3 Å². The van der Waals surface area contributed by atoms with E-state index in [2.05, 4.69) is 11.1 Å². The minimum Gasteiger partial charge on any atom is -0.486 e. The van der Waals surface area contributed by atoms with Crippen molar-refractivity contribution in [2.24, 2.45) is 0 Å². The van der Waals surface area contributed by atoms with Gasteiger partial charge in [-0.2, -0.15) is 0 Å². The van der Waals surface area contributed by atoms with E-state index >= 15 is 0 Å². The average Bonchev–Trinajstić information content (AvgIpc) is 3.39. The van der Waals surface area contributed by atoms with Gasteiger partial charge in [-0.25, -0.2) is 4.98 Å². The zero-order valence-electron chi connectivity index (χ0n) is 19.0. The van der Waals surface area contributed by atoms with Gasteiger partial charge in [0.2, 0.25) is 5.91 Å². The van der Waals surface area contributed by atoms with E-state index in [0.717, 1.165) is 59.2 Å². The van der Waals surface area contributed by atoms with Gasteiger partial charge in [0.15, 0.2) is 5.89 Å². The van der Waals surface area contributed by atoms with E-state index < -0.39 is 0 Å². The molecular weight excluding hydrogens is 416 g/mol. The number of nitrogens with zero attached hydrogens (tertiary/aromatic N) is 2. The van der Waals surface area contributed by atoms with Crippen molar-refractivity contribution in [2.45, 2.75) is 52.2 Å². The number of fused-ring (bicyclic) bond motifs is 1. The molecule has 1 fully saturated rings. The topological polar surface area (TPSA) is 68.7 Å². The summed E-state index contributed by atoms with van der Waals surface area (Å²) in [6, 6.07) is 7.98. The van der Waals surface area contributed by atoms with E-state index in [4.69, 9.17) is 13.6 Å². The molecule has 0 bridgehead atoms. The summed E-state index contributed by atoms with van der Waals surface area (Å²) in [7, 11) is 0. The fraction of sp³-hybridized carbons (Fsp3) is 0.333. The number of allylic oxidation sites excluding steroid dienone is 3. The Kier molecular flexibility index (Phi) is 5.90. The van der Waals surface area contributed by atoms with Crippen LogP contribution in [0.4, 0.5) is 0 Å². The molecule has 3 aromatic rings. The number of carbonyl (C=O) groups excluding carboxylic acids is 1. The molecule has 0 saturated heterocycles. The molecule has 170 valence electrons. The second kappa shape index (κ2) is 9.14. The Balaban J connectivity index is 1.40. The zero-order chi connectivity index (χ0) is 22.8. The Hall–Kier alpha value is -3.54. The minimum absolute atomic E-state index is 0.0159. The third-order valence-corrected chi connectivity index (χ3v) is 6.15. The van der Waals surface area contributed by atoms with Crippen molar-refractivity contribution in [3.8, 4) is 17.1 Å². The molecule has 1 aliphatic heterocycles. The number of aromatic nitrogens is 1. The molecule has 1 amide bonds. The molecule has 0 spiro atoms. The van der Waals surface area contributed by atoms with Crippen LogP contribution in [0.2, 0.25) is 0 Å². The first-order valence-electron chi connectivity index (χ1n) is 11.5. The van der Waals surface area contributed by atoms with E-state index in [9.17, 15) is 4.79 Å². The lowest BCUT2D eigenvalue weighted by Crippen LogP contribution is -2.34. The molecule has 2 aromatic heterocycles. The molecule has 6 nitrogen and oxygen atoms in total. The van der Waals surface area contributed by atoms with Crippen LogP contribution >= 0.6 is 0 Å². The van der Waals surface area contributed by atoms with E-state index in [1.165, 1.54) is 5.56 Å². The Labute approximate surface area is 193 Å². The highest BCUT2D eigenvalue weighted by Gasteiger charge is 2.30. The molecular formula is C27H28N2O4. The average molecular weight is 445 g/mol. The maximum atomic E-state index is 12.6. The second-order valence-corrected chi connectivity index (χ2v) is 8.61. The van der Waals surface area contributed by atoms with Crippen LogP contribution in [0.15, 0.2) is 63.7 Å². The minimum atomic E-state index is 0.0159. The van der Waals surface area contributed by atoms with E-state index in [-0.39, 0.29) is 5.91 Å². The number of furan rings is 1. The Morgan fingerprint density at radius 1 is 1.27 bits per heavy atom. The van der Waals surface area contributed by atoms with Crippen molar-refractivity contribution in [3.05, 3.63) is 83.3 Å². The van der Waals surface area contributed by atoms with Crippen molar-refractivity contribution in [1.29, 1.82) is 0 Å². The molecule has 3 heterocycles. The third-order valence-electron chi connectivity index (χ3n) is 6.15. The summed E-state index contributed by atoms with van der Waals surface area (Å²) in [6.07, 6.45) is 11.9. The molecule has 1 saturated carbocycles. The van der Waals surface area contributed by atoms with Crippen molar-refractivity contribution in [3.63, 3.8) is 0 Å². The van der Waals surface area contributed by atoms with Gasteiger partial charge in [-0.1, -0.05) is 18.2 Å². The normalized spacial score (nSPS) is 16.0. The van der Waals surface area contributed by atoms with E-state index in [1.807, 2.05) is 49.1 Å². The van der Waals surface area contributed by atoms with Gasteiger partial charge in [0, 0.05) is 25.1 Å². The number of aryl methyl sites for hydroxylation is 1. The highest BCUT2D eigenvalue weighted by atomic mass is 16.5. The van der Waals surface area contributed by atoms with Crippen LogP contribution in [0.3, 0.4) is 0 Å². The highest BCUT2D eigenvalue weighted by molar-refractivity contribution is 5.88. The predicted octanol–water partition coefficient (Wildman–Crippen LogP) is 5.72. The Bertz CT molecular complexity index is 1200. The first-order valence-corrected chi connectivity index (χ1v) is 11.5. The number of carbonyl (C=O) groups is 1. The van der Waals surface area contributed by atoms with Gasteiger partial charge in [0.25, 0.3) is 0 Å². The summed E-state index contributed by atoms with van der Waals surface area (Å²) >= 11 is 0. The van der Waals surface area contributed by atoms with Crippen LogP contribution in [0, 0.1) is 6.92 Å². The molecule has 5 rings (SSSR count). The summed E-state index contributed by atoms with van der Waals surface area (Å²) in [5.74, 6) is 3.59. The van der Waals surface area contributed by atoms with Gasteiger partial charge in [-0.3, -0.25) is 4.79 Å². The van der Waals surface area contributed by atoms with E-state index in [0.29, 0.717) is 25.6 Å². The number of hydrogen-bond donors (Lipinski definition) is 0. The molecule has 0 radical (unpaired) electrons. The van der Waals surface area contributed by atoms with Crippen molar-refractivity contribution >= 4 is 5.91 Å². The molecule has 0 unspecified atom stereocenters. The number of rotatable bonds is 7. The SMILES string of the molecule is C/C=C/C=C/C(=O)N1CCc2cc(-c3ccco3)c(OCc3nc(C4CC4)oc3C)cc2C1. The molecule has 1 aromatic carbocycles. The summed E-state index contributed by atoms with van der Waals surface area (Å²) in [6.45, 7) is 5.42. The van der Waals surface area contributed by atoms with Crippen molar-refractivity contribution in [2.75, 3.05) is 6.54 Å². The van der Waals surface area contributed by atoms with Gasteiger partial charge < -0.3 is 18.5 Å². The van der Waals surface area contributed by atoms with Crippen LogP contribution in [0.25, 0.3) is 11.3 Å². The lowest BCUT2D eigenvalue weighted by atomic mass is 9.95. The summed E-state index contributed by atoms with van der Waals surface area (Å²) in [5.41, 5.74) is 4.04. The largest absolute Gasteiger partial charge is 0.486 e. The molecule has 6 heteroatoms. The maximum absolute atomic E-state index is 12.6. The van der Waals surface area contributed by atoms with Gasteiger partial charge >= 0.3 is 0 Å². The number of benzene rings is 1. The maximum Gasteiger partial charge on any atom is 0.246 e. The lowest BCUT2D eigenvalue weighted by molar-refractivity contribution is -0.126. The second-order valence-electron chi connectivity index (χ2n) is 8.61. The van der Waals surface area contributed by atoms with Gasteiger partial charge in [0.1, 0.15) is 29.6 Å². The van der Waals surface area contributed by atoms with Crippen LogP contribution in [0.5, 0.6) is 5.75 Å². The standard InChI is InChI=1S/C27H28N2O4/c1-3-4-5-8-26(30)29-12-11-20-14-22(24-7-6-13-31-24)25(15-21(20)16-29)32-17-23-18(2)33-27(28-23)19-9-10-19/h3-8,13-15,19H,9-12,16-17H2,1-2H3/b4-3+,8-5+. The molecule has 33 heavy (non-hydrogen) atoms. The number of hydrogen-bond acceptors (Lipinski definition) is 5. The Morgan fingerprint density at radius 2 is 2.15 bits per heavy atom. The molecule has 0 N–H and O–H groups in total. The fourth-order valence-electron chi connectivity index (χ4n) is 4.11. The van der Waals surface area contributed by atoms with Gasteiger partial charge in [-0.05, 0) is 68.5 Å². The van der Waals surface area contributed by atoms with Crippen LogP contribution < -0.4 is 4.74 Å². The predicted molar refractivity (Wildman–Crippen MR) is 125 cm³/mol. The first kappa shape index (κ1) is 21.3. The molecule has 0 atom stereocenters. The van der Waals surface area contributed by atoms with Crippen molar-refractivity contribution in [1.82, 2.24) is 9.88 Å². The molecule has 1 aliphatic carbocycles. The third kappa shape index (κ3) is 4.65. The number of ether oxygens (including phenoxy) is 1. The first-order chi connectivity index (χ1) is 16.1. The number of amides is 1. The molecule has 2 aliphatic rings. The quantitative estimate of drug-likeness (QED) is 0.345. The monoisotopic (exact) mass is 444 g/mol. The zero-order valence-corrected chi connectivity index (χ0v) is 19.0.